The number of nitriles is 1. The monoisotopic (exact) mass is 435 g/mol. The van der Waals surface area contributed by atoms with E-state index in [1.54, 1.807) is 0 Å². The van der Waals surface area contributed by atoms with Crippen LogP contribution in [0.15, 0.2) is 46.8 Å². The number of benzene rings is 1. The Balaban J connectivity index is 2.21. The summed E-state index contributed by atoms with van der Waals surface area (Å²) in [7, 11) is 1.43. The molecular formula is C21H20F3N3O4. The van der Waals surface area contributed by atoms with Crippen LogP contribution < -0.4 is 0 Å². The minimum Gasteiger partial charge on any atom is -0.478 e. The standard InChI is InChI=1S/C21H20F3N3O4/c1-26-14(10-25)17(19(28)29)16(12-4-6-13(7-5-12)21(22,23)24)18(20(30)31)15(26)11-27-8-2-3-9-27/h4-7,16H,2-3,8-9,11H2,1H3,(H,28,29)(H,30,31). The van der Waals surface area contributed by atoms with Gasteiger partial charge in [-0.2, -0.15) is 18.4 Å². The topological polar surface area (TPSA) is 105 Å². The lowest BCUT2D eigenvalue weighted by Gasteiger charge is -2.36. The van der Waals surface area contributed by atoms with Crippen molar-refractivity contribution in [2.24, 2.45) is 0 Å². The Morgan fingerprint density at radius 1 is 1.10 bits per heavy atom. The van der Waals surface area contributed by atoms with E-state index in [-0.39, 0.29) is 29.1 Å². The van der Waals surface area contributed by atoms with E-state index in [1.165, 1.54) is 11.9 Å². The summed E-state index contributed by atoms with van der Waals surface area (Å²) in [6.07, 6.45) is -2.73. The Morgan fingerprint density at radius 3 is 2.10 bits per heavy atom. The van der Waals surface area contributed by atoms with Crippen molar-refractivity contribution in [2.45, 2.75) is 24.9 Å². The molecule has 0 bridgehead atoms. The molecular weight excluding hydrogens is 415 g/mol. The predicted octanol–water partition coefficient (Wildman–Crippen LogP) is 3.03. The lowest BCUT2D eigenvalue weighted by atomic mass is 9.79. The largest absolute Gasteiger partial charge is 0.478 e. The fraction of sp³-hybridized carbons (Fsp3) is 0.381. The molecule has 0 aromatic heterocycles. The average Bonchev–Trinajstić information content (AvgIpc) is 3.21. The zero-order chi connectivity index (χ0) is 22.9. The Morgan fingerprint density at radius 2 is 1.65 bits per heavy atom. The van der Waals surface area contributed by atoms with Crippen LogP contribution in [0, 0.1) is 11.3 Å². The molecule has 31 heavy (non-hydrogen) atoms. The van der Waals surface area contributed by atoms with Crippen molar-refractivity contribution in [3.8, 4) is 6.07 Å². The first-order valence-corrected chi connectivity index (χ1v) is 9.53. The number of likely N-dealkylation sites (tertiary alicyclic amines) is 1. The van der Waals surface area contributed by atoms with Gasteiger partial charge < -0.3 is 15.1 Å². The van der Waals surface area contributed by atoms with Gasteiger partial charge in [-0.1, -0.05) is 12.1 Å². The molecule has 1 saturated heterocycles. The molecule has 164 valence electrons. The summed E-state index contributed by atoms with van der Waals surface area (Å²) >= 11 is 0. The fourth-order valence-electron chi connectivity index (χ4n) is 4.09. The van der Waals surface area contributed by atoms with Gasteiger partial charge in [0.1, 0.15) is 11.8 Å². The van der Waals surface area contributed by atoms with Crippen LogP contribution in [0.2, 0.25) is 0 Å². The maximum Gasteiger partial charge on any atom is 0.416 e. The minimum atomic E-state index is -4.60. The molecule has 1 atom stereocenters. The molecule has 3 rings (SSSR count). The van der Waals surface area contributed by atoms with Crippen molar-refractivity contribution in [1.29, 1.82) is 5.26 Å². The Labute approximate surface area is 176 Å². The highest BCUT2D eigenvalue weighted by Crippen LogP contribution is 2.42. The maximum atomic E-state index is 13.0. The van der Waals surface area contributed by atoms with Gasteiger partial charge in [0.25, 0.3) is 0 Å². The first kappa shape index (κ1) is 22.4. The van der Waals surface area contributed by atoms with Crippen LogP contribution in [0.3, 0.4) is 0 Å². The fourth-order valence-corrected chi connectivity index (χ4v) is 4.09. The lowest BCUT2D eigenvalue weighted by molar-refractivity contribution is -0.138. The highest BCUT2D eigenvalue weighted by atomic mass is 19.4. The van der Waals surface area contributed by atoms with E-state index in [4.69, 9.17) is 0 Å². The molecule has 1 aromatic carbocycles. The third-order valence-corrected chi connectivity index (χ3v) is 5.59. The zero-order valence-electron chi connectivity index (χ0n) is 16.6. The van der Waals surface area contributed by atoms with E-state index in [0.717, 1.165) is 50.2 Å². The number of halogens is 3. The summed E-state index contributed by atoms with van der Waals surface area (Å²) in [5.74, 6) is -4.28. The molecule has 0 saturated carbocycles. The third kappa shape index (κ3) is 4.27. The van der Waals surface area contributed by atoms with E-state index in [1.807, 2.05) is 11.0 Å². The van der Waals surface area contributed by atoms with Gasteiger partial charge in [0.2, 0.25) is 0 Å². The third-order valence-electron chi connectivity index (χ3n) is 5.59. The number of aliphatic carboxylic acids is 2. The van der Waals surface area contributed by atoms with Gasteiger partial charge in [-0.25, -0.2) is 9.59 Å². The molecule has 0 spiro atoms. The number of carbonyl (C=O) groups is 2. The van der Waals surface area contributed by atoms with Crippen LogP contribution in [-0.4, -0.2) is 58.6 Å². The number of hydrogen-bond acceptors (Lipinski definition) is 5. The lowest BCUT2D eigenvalue weighted by Crippen LogP contribution is -2.38. The highest BCUT2D eigenvalue weighted by Gasteiger charge is 2.42. The van der Waals surface area contributed by atoms with Crippen LogP contribution in [0.5, 0.6) is 0 Å². The predicted molar refractivity (Wildman–Crippen MR) is 103 cm³/mol. The number of carboxylic acid groups (broad SMARTS) is 2. The van der Waals surface area contributed by atoms with Gasteiger partial charge in [-0.15, -0.1) is 0 Å². The number of likely N-dealkylation sites (N-methyl/N-ethyl adjacent to an activating group) is 1. The number of rotatable bonds is 5. The van der Waals surface area contributed by atoms with E-state index in [9.17, 15) is 38.2 Å². The van der Waals surface area contributed by atoms with E-state index in [0.29, 0.717) is 0 Å². The van der Waals surface area contributed by atoms with Crippen LogP contribution in [-0.2, 0) is 15.8 Å². The van der Waals surface area contributed by atoms with E-state index in [2.05, 4.69) is 0 Å². The van der Waals surface area contributed by atoms with E-state index < -0.39 is 35.2 Å². The number of allylic oxidation sites excluding steroid dienone is 1. The SMILES string of the molecule is CN1C(C#N)=C(C(=O)O)C(c2ccc(C(F)(F)F)cc2)C(C(=O)O)=C1CN1CCCC1. The second-order valence-corrected chi connectivity index (χ2v) is 7.44. The summed E-state index contributed by atoms with van der Waals surface area (Å²) in [6.45, 7) is 1.65. The first-order valence-electron chi connectivity index (χ1n) is 9.53. The van der Waals surface area contributed by atoms with Crippen molar-refractivity contribution >= 4 is 11.9 Å². The molecule has 0 radical (unpaired) electrons. The van der Waals surface area contributed by atoms with Crippen molar-refractivity contribution in [3.05, 3.63) is 57.9 Å². The Bertz CT molecular complexity index is 1000. The average molecular weight is 435 g/mol. The zero-order valence-corrected chi connectivity index (χ0v) is 16.6. The molecule has 1 unspecified atom stereocenters. The van der Waals surface area contributed by atoms with Gasteiger partial charge in [-0.05, 0) is 43.6 Å². The van der Waals surface area contributed by atoms with Crippen LogP contribution in [0.25, 0.3) is 0 Å². The number of carboxylic acids is 2. The first-order chi connectivity index (χ1) is 14.6. The minimum absolute atomic E-state index is 0.0579. The van der Waals surface area contributed by atoms with Crippen molar-refractivity contribution in [3.63, 3.8) is 0 Å². The molecule has 2 aliphatic rings. The summed E-state index contributed by atoms with van der Waals surface area (Å²) in [6, 6.07) is 5.51. The van der Waals surface area contributed by atoms with Gasteiger partial charge in [0.05, 0.1) is 22.6 Å². The number of nitrogens with zero attached hydrogens (tertiary/aromatic N) is 3. The Kier molecular flexibility index (Phi) is 6.08. The molecule has 0 amide bonds. The number of alkyl halides is 3. The molecule has 2 heterocycles. The smallest absolute Gasteiger partial charge is 0.416 e. The molecule has 7 nitrogen and oxygen atoms in total. The molecule has 2 aliphatic heterocycles. The van der Waals surface area contributed by atoms with Crippen molar-refractivity contribution < 1.29 is 33.0 Å². The quantitative estimate of drug-likeness (QED) is 0.733. The molecule has 2 N–H and O–H groups in total. The van der Waals surface area contributed by atoms with Gasteiger partial charge in [0, 0.05) is 19.3 Å². The van der Waals surface area contributed by atoms with Gasteiger partial charge in [0.15, 0.2) is 0 Å². The Hall–Kier alpha value is -3.32. The summed E-state index contributed by atoms with van der Waals surface area (Å²) in [4.78, 5) is 27.6. The van der Waals surface area contributed by atoms with Gasteiger partial charge in [-0.3, -0.25) is 4.90 Å². The number of hydrogen-bond donors (Lipinski definition) is 2. The molecule has 10 heteroatoms. The van der Waals surface area contributed by atoms with Crippen LogP contribution in [0.4, 0.5) is 13.2 Å². The van der Waals surface area contributed by atoms with Crippen LogP contribution >= 0.6 is 0 Å². The summed E-state index contributed by atoms with van der Waals surface area (Å²) in [5, 5.41) is 29.4. The molecule has 0 aliphatic carbocycles. The summed E-state index contributed by atoms with van der Waals surface area (Å²) < 4.78 is 38.9. The molecule has 1 fully saturated rings. The normalized spacial score (nSPS) is 20.2. The van der Waals surface area contributed by atoms with Crippen molar-refractivity contribution in [2.75, 3.05) is 26.7 Å². The van der Waals surface area contributed by atoms with Crippen molar-refractivity contribution in [1.82, 2.24) is 9.80 Å². The summed E-state index contributed by atoms with van der Waals surface area (Å²) in [5.41, 5.74) is -1.61. The van der Waals surface area contributed by atoms with E-state index >= 15 is 0 Å². The molecule has 1 aromatic rings. The second kappa shape index (κ2) is 8.43. The van der Waals surface area contributed by atoms with Crippen LogP contribution in [0.1, 0.15) is 29.9 Å². The maximum absolute atomic E-state index is 13.0. The highest BCUT2D eigenvalue weighted by molar-refractivity contribution is 5.99. The van der Waals surface area contributed by atoms with Gasteiger partial charge >= 0.3 is 18.1 Å². The second-order valence-electron chi connectivity index (χ2n) is 7.44.